The number of likely N-dealkylation sites (N-methyl/N-ethyl adjacent to an activating group) is 1. The minimum absolute atomic E-state index is 0.0223. The highest BCUT2D eigenvalue weighted by Gasteiger charge is 2.45. The summed E-state index contributed by atoms with van der Waals surface area (Å²) in [4.78, 5) is 40.5. The molecule has 9 heteroatoms. The van der Waals surface area contributed by atoms with Gasteiger partial charge in [0.1, 0.15) is 0 Å². The second-order valence-electron chi connectivity index (χ2n) is 10.2. The van der Waals surface area contributed by atoms with Gasteiger partial charge in [0, 0.05) is 51.2 Å². The van der Waals surface area contributed by atoms with Gasteiger partial charge in [-0.15, -0.1) is 0 Å². The highest BCUT2D eigenvalue weighted by Crippen LogP contribution is 2.40. The lowest BCUT2D eigenvalue weighted by Gasteiger charge is -2.40. The van der Waals surface area contributed by atoms with Crippen molar-refractivity contribution in [3.8, 4) is 5.75 Å². The van der Waals surface area contributed by atoms with E-state index in [1.807, 2.05) is 30.7 Å². The summed E-state index contributed by atoms with van der Waals surface area (Å²) in [6.07, 6.45) is 8.58. The molecule has 1 aromatic rings. The van der Waals surface area contributed by atoms with E-state index < -0.39 is 5.60 Å². The molecule has 2 amide bonds. The number of carbonyl (C=O) groups excluding carboxylic acids is 2. The van der Waals surface area contributed by atoms with Crippen LogP contribution in [-0.2, 0) is 9.59 Å². The van der Waals surface area contributed by atoms with Gasteiger partial charge in [0.15, 0.2) is 17.2 Å². The average molecular weight is 443 g/mol. The quantitative estimate of drug-likeness (QED) is 0.763. The smallest absolute Gasteiger partial charge is 0.272 e. The number of fused-ring (bicyclic) bond motifs is 1. The number of nitrogens with one attached hydrogen (secondary N) is 1. The lowest BCUT2D eigenvalue weighted by atomic mass is 10.0. The van der Waals surface area contributed by atoms with Crippen LogP contribution in [0.2, 0.25) is 0 Å². The van der Waals surface area contributed by atoms with Gasteiger partial charge in [-0.05, 0) is 39.5 Å². The second kappa shape index (κ2) is 8.17. The Bertz CT molecular complexity index is 892. The van der Waals surface area contributed by atoms with Crippen LogP contribution in [0.1, 0.15) is 58.8 Å². The van der Waals surface area contributed by atoms with Gasteiger partial charge in [0.05, 0.1) is 6.20 Å². The topological polar surface area (TPSA) is 90.9 Å². The van der Waals surface area contributed by atoms with Gasteiger partial charge in [-0.3, -0.25) is 19.4 Å². The predicted molar refractivity (Wildman–Crippen MR) is 121 cm³/mol. The highest BCUT2D eigenvalue weighted by atomic mass is 16.5. The normalized spacial score (nSPS) is 27.0. The van der Waals surface area contributed by atoms with Crippen molar-refractivity contribution in [2.45, 2.75) is 82.5 Å². The van der Waals surface area contributed by atoms with Crippen LogP contribution in [0.4, 0.5) is 11.8 Å². The molecule has 1 aromatic heterocycles. The molecule has 9 nitrogen and oxygen atoms in total. The summed E-state index contributed by atoms with van der Waals surface area (Å²) in [5, 5.41) is 3.49. The second-order valence-corrected chi connectivity index (χ2v) is 10.2. The molecular formula is C23H34N6O3. The fourth-order valence-corrected chi connectivity index (χ4v) is 5.56. The third-order valence-corrected chi connectivity index (χ3v) is 7.45. The molecule has 0 unspecified atom stereocenters. The number of hydrogen-bond acceptors (Lipinski definition) is 7. The molecule has 1 N–H and O–H groups in total. The lowest BCUT2D eigenvalue weighted by molar-refractivity contribution is -0.133. The van der Waals surface area contributed by atoms with Crippen molar-refractivity contribution in [2.75, 3.05) is 36.9 Å². The molecule has 0 aromatic carbocycles. The molecule has 5 rings (SSSR count). The summed E-state index contributed by atoms with van der Waals surface area (Å²) in [5.41, 5.74) is -0.906. The van der Waals surface area contributed by atoms with Crippen LogP contribution in [0.25, 0.3) is 0 Å². The van der Waals surface area contributed by atoms with Gasteiger partial charge >= 0.3 is 0 Å². The van der Waals surface area contributed by atoms with Crippen molar-refractivity contribution >= 4 is 23.6 Å². The summed E-state index contributed by atoms with van der Waals surface area (Å²) in [5.74, 6) is 1.95. The summed E-state index contributed by atoms with van der Waals surface area (Å²) >= 11 is 0. The van der Waals surface area contributed by atoms with Crippen molar-refractivity contribution in [1.29, 1.82) is 0 Å². The summed E-state index contributed by atoms with van der Waals surface area (Å²) < 4.78 is 5.97. The van der Waals surface area contributed by atoms with E-state index in [-0.39, 0.29) is 23.9 Å². The number of anilines is 2. The standard InChI is InChI=1S/C23H34N6O3/c1-23(2)21(31)29(16-6-4-5-7-16)20-18(32-23)13-24-22(26-20)25-15-8-10-28(11-9-15)17-12-19(30)27(3)14-17/h13,15-17H,4-12,14H2,1-3H3,(H,24,25,26)/t17-/m0/s1. The zero-order valence-electron chi connectivity index (χ0n) is 19.3. The summed E-state index contributed by atoms with van der Waals surface area (Å²) in [6.45, 7) is 6.37. The first kappa shape index (κ1) is 21.4. The van der Waals surface area contributed by atoms with E-state index in [0.29, 0.717) is 30.0 Å². The Hall–Kier alpha value is -2.42. The lowest BCUT2D eigenvalue weighted by Crippen LogP contribution is -2.56. The molecular weight excluding hydrogens is 408 g/mol. The molecule has 1 aliphatic carbocycles. The van der Waals surface area contributed by atoms with Crippen LogP contribution in [0, 0.1) is 0 Å². The van der Waals surface area contributed by atoms with Gasteiger partial charge in [0.25, 0.3) is 5.91 Å². The van der Waals surface area contributed by atoms with Crippen LogP contribution in [0.3, 0.4) is 0 Å². The molecule has 32 heavy (non-hydrogen) atoms. The predicted octanol–water partition coefficient (Wildman–Crippen LogP) is 2.03. The summed E-state index contributed by atoms with van der Waals surface area (Å²) in [6, 6.07) is 0.790. The number of aromatic nitrogens is 2. The van der Waals surface area contributed by atoms with Crippen LogP contribution in [-0.4, -0.2) is 82.0 Å². The Kier molecular flexibility index (Phi) is 5.47. The van der Waals surface area contributed by atoms with E-state index in [2.05, 4.69) is 15.2 Å². The molecule has 1 saturated carbocycles. The molecule has 4 aliphatic rings. The first-order chi connectivity index (χ1) is 15.3. The van der Waals surface area contributed by atoms with E-state index in [1.54, 1.807) is 6.20 Å². The maximum Gasteiger partial charge on any atom is 0.272 e. The molecule has 1 atom stereocenters. The van der Waals surface area contributed by atoms with E-state index in [9.17, 15) is 9.59 Å². The molecule has 0 spiro atoms. The molecule has 2 saturated heterocycles. The minimum Gasteiger partial charge on any atom is -0.472 e. The molecule has 4 heterocycles. The van der Waals surface area contributed by atoms with Crippen molar-refractivity contribution in [3.63, 3.8) is 0 Å². The SMILES string of the molecule is CN1C[C@@H](N2CCC(Nc3ncc4c(n3)N(C3CCCC3)C(=O)C(C)(C)O4)CC2)CC1=O. The summed E-state index contributed by atoms with van der Waals surface area (Å²) in [7, 11) is 1.88. The Morgan fingerprint density at radius 2 is 1.81 bits per heavy atom. The number of hydrogen-bond donors (Lipinski definition) is 1. The maximum atomic E-state index is 13.2. The number of carbonyl (C=O) groups is 2. The van der Waals surface area contributed by atoms with Crippen LogP contribution in [0.15, 0.2) is 6.20 Å². The van der Waals surface area contributed by atoms with Gasteiger partial charge in [-0.25, -0.2) is 4.98 Å². The fraction of sp³-hybridized carbons (Fsp3) is 0.739. The van der Waals surface area contributed by atoms with Crippen LogP contribution >= 0.6 is 0 Å². The number of piperidine rings is 1. The first-order valence-electron chi connectivity index (χ1n) is 12.0. The molecule has 3 aliphatic heterocycles. The van der Waals surface area contributed by atoms with Gasteiger partial charge in [-0.1, -0.05) is 12.8 Å². The van der Waals surface area contributed by atoms with Crippen molar-refractivity contribution in [3.05, 3.63) is 6.20 Å². The monoisotopic (exact) mass is 442 g/mol. The highest BCUT2D eigenvalue weighted by molar-refractivity contribution is 6.02. The van der Waals surface area contributed by atoms with Gasteiger partial charge < -0.3 is 15.0 Å². The Morgan fingerprint density at radius 3 is 2.47 bits per heavy atom. The third-order valence-electron chi connectivity index (χ3n) is 7.45. The number of rotatable bonds is 4. The van der Waals surface area contributed by atoms with E-state index in [0.717, 1.165) is 58.2 Å². The van der Waals surface area contributed by atoms with Crippen molar-refractivity contribution < 1.29 is 14.3 Å². The Labute approximate surface area is 189 Å². The van der Waals surface area contributed by atoms with Crippen LogP contribution < -0.4 is 15.0 Å². The van der Waals surface area contributed by atoms with E-state index in [4.69, 9.17) is 9.72 Å². The minimum atomic E-state index is -0.906. The Balaban J connectivity index is 1.27. The number of likely N-dealkylation sites (tertiary alicyclic amines) is 2. The van der Waals surface area contributed by atoms with Gasteiger partial charge in [-0.2, -0.15) is 4.98 Å². The van der Waals surface area contributed by atoms with Gasteiger partial charge in [0.2, 0.25) is 11.9 Å². The zero-order valence-corrected chi connectivity index (χ0v) is 19.3. The molecule has 174 valence electrons. The molecule has 3 fully saturated rings. The molecule has 0 radical (unpaired) electrons. The van der Waals surface area contributed by atoms with Crippen molar-refractivity contribution in [2.24, 2.45) is 0 Å². The maximum absolute atomic E-state index is 13.2. The zero-order chi connectivity index (χ0) is 22.5. The van der Waals surface area contributed by atoms with Crippen molar-refractivity contribution in [1.82, 2.24) is 19.8 Å². The number of ether oxygens (including phenoxy) is 1. The number of amides is 2. The van der Waals surface area contributed by atoms with E-state index >= 15 is 0 Å². The Morgan fingerprint density at radius 1 is 1.09 bits per heavy atom. The van der Waals surface area contributed by atoms with E-state index in [1.165, 1.54) is 0 Å². The first-order valence-corrected chi connectivity index (χ1v) is 12.0. The number of nitrogens with zero attached hydrogens (tertiary/aromatic N) is 5. The largest absolute Gasteiger partial charge is 0.472 e. The van der Waals surface area contributed by atoms with Crippen LogP contribution in [0.5, 0.6) is 5.75 Å². The average Bonchev–Trinajstić information content (AvgIpc) is 3.40. The molecule has 0 bridgehead atoms. The third kappa shape index (κ3) is 3.91. The fourth-order valence-electron chi connectivity index (χ4n) is 5.56.